The van der Waals surface area contributed by atoms with Crippen LogP contribution in [-0.4, -0.2) is 30.1 Å². The molecule has 18 heavy (non-hydrogen) atoms. The first kappa shape index (κ1) is 14.2. The molecule has 5 heteroatoms. The Hall–Kier alpha value is -1.88. The Bertz CT molecular complexity index is 419. The van der Waals surface area contributed by atoms with Crippen LogP contribution in [0.5, 0.6) is 0 Å². The van der Waals surface area contributed by atoms with Gasteiger partial charge in [0.15, 0.2) is 6.04 Å². The Morgan fingerprint density at radius 2 is 2.28 bits per heavy atom. The molecular formula is C13H17NO4. The highest BCUT2D eigenvalue weighted by molar-refractivity contribution is 5.79. The normalized spacial score (nSPS) is 13.5. The molecule has 98 valence electrons. The molecule has 0 spiro atoms. The molecule has 0 heterocycles. The van der Waals surface area contributed by atoms with E-state index in [1.807, 2.05) is 13.0 Å². The van der Waals surface area contributed by atoms with Crippen molar-refractivity contribution >= 4 is 12.4 Å². The first-order valence-corrected chi connectivity index (χ1v) is 5.71. The average molecular weight is 251 g/mol. The zero-order valence-electron chi connectivity index (χ0n) is 10.4. The van der Waals surface area contributed by atoms with Crippen molar-refractivity contribution in [3.05, 3.63) is 35.4 Å². The summed E-state index contributed by atoms with van der Waals surface area (Å²) < 4.78 is 4.81. The van der Waals surface area contributed by atoms with Crippen molar-refractivity contribution in [2.75, 3.05) is 6.61 Å². The van der Waals surface area contributed by atoms with Gasteiger partial charge in [-0.15, -0.1) is 0 Å². The molecule has 0 saturated heterocycles. The number of hydrogen-bond donors (Lipinski definition) is 2. The van der Waals surface area contributed by atoms with Gasteiger partial charge in [0.2, 0.25) is 6.41 Å². The molecule has 1 rings (SSSR count). The van der Waals surface area contributed by atoms with E-state index in [1.165, 1.54) is 0 Å². The third kappa shape index (κ3) is 3.56. The summed E-state index contributed by atoms with van der Waals surface area (Å²) in [6.07, 6.45) is -0.755. The number of ether oxygens (including phenoxy) is 1. The molecule has 1 amide bonds. The summed E-state index contributed by atoms with van der Waals surface area (Å²) in [6, 6.07) is 6.00. The van der Waals surface area contributed by atoms with Crippen molar-refractivity contribution < 1.29 is 19.4 Å². The van der Waals surface area contributed by atoms with Crippen LogP contribution >= 0.6 is 0 Å². The molecule has 0 bridgehead atoms. The molecule has 2 atom stereocenters. The van der Waals surface area contributed by atoms with Gasteiger partial charge in [-0.25, -0.2) is 4.79 Å². The quantitative estimate of drug-likeness (QED) is 0.576. The van der Waals surface area contributed by atoms with E-state index >= 15 is 0 Å². The first-order chi connectivity index (χ1) is 8.60. The van der Waals surface area contributed by atoms with Crippen LogP contribution in [0.4, 0.5) is 0 Å². The smallest absolute Gasteiger partial charge is 0.331 e. The Morgan fingerprint density at radius 1 is 1.56 bits per heavy atom. The van der Waals surface area contributed by atoms with Crippen molar-refractivity contribution in [1.29, 1.82) is 0 Å². The number of amides is 1. The van der Waals surface area contributed by atoms with Crippen molar-refractivity contribution in [2.45, 2.75) is 26.0 Å². The van der Waals surface area contributed by atoms with Gasteiger partial charge in [0, 0.05) is 0 Å². The number of nitrogens with one attached hydrogen (secondary N) is 1. The third-order valence-corrected chi connectivity index (χ3v) is 2.49. The van der Waals surface area contributed by atoms with Gasteiger partial charge in [-0.2, -0.15) is 0 Å². The van der Waals surface area contributed by atoms with E-state index in [4.69, 9.17) is 4.74 Å². The van der Waals surface area contributed by atoms with Crippen molar-refractivity contribution in [1.82, 2.24) is 5.32 Å². The van der Waals surface area contributed by atoms with Crippen LogP contribution in [0, 0.1) is 6.92 Å². The van der Waals surface area contributed by atoms with Gasteiger partial charge in [0.25, 0.3) is 0 Å². The molecule has 0 aromatic heterocycles. The number of aliphatic hydroxyl groups excluding tert-OH is 1. The fourth-order valence-electron chi connectivity index (χ4n) is 1.64. The van der Waals surface area contributed by atoms with Crippen LogP contribution in [0.1, 0.15) is 24.2 Å². The molecule has 1 aromatic rings. The topological polar surface area (TPSA) is 75.6 Å². The third-order valence-electron chi connectivity index (χ3n) is 2.49. The second-order valence-electron chi connectivity index (χ2n) is 3.87. The monoisotopic (exact) mass is 251 g/mol. The summed E-state index contributed by atoms with van der Waals surface area (Å²) >= 11 is 0. The predicted octanol–water partition coefficient (Wildman–Crippen LogP) is 0.706. The van der Waals surface area contributed by atoms with Gasteiger partial charge in [-0.05, 0) is 19.4 Å². The Labute approximate surface area is 106 Å². The van der Waals surface area contributed by atoms with E-state index in [-0.39, 0.29) is 6.61 Å². The van der Waals surface area contributed by atoms with Crippen LogP contribution in [0.25, 0.3) is 0 Å². The molecule has 1 aromatic carbocycles. The largest absolute Gasteiger partial charge is 0.464 e. The highest BCUT2D eigenvalue weighted by atomic mass is 16.5. The molecule has 0 aliphatic rings. The summed E-state index contributed by atoms with van der Waals surface area (Å²) in [7, 11) is 0. The van der Waals surface area contributed by atoms with Crippen LogP contribution in [0.3, 0.4) is 0 Å². The van der Waals surface area contributed by atoms with Crippen molar-refractivity contribution in [3.63, 3.8) is 0 Å². The summed E-state index contributed by atoms with van der Waals surface area (Å²) in [4.78, 5) is 22.1. The van der Waals surface area contributed by atoms with Crippen LogP contribution in [0.2, 0.25) is 0 Å². The lowest BCUT2D eigenvalue weighted by Crippen LogP contribution is -2.42. The number of esters is 1. The molecule has 2 unspecified atom stereocenters. The number of aliphatic hydroxyl groups is 1. The zero-order valence-corrected chi connectivity index (χ0v) is 10.4. The molecule has 0 fully saturated rings. The van der Waals surface area contributed by atoms with Crippen LogP contribution in [0.15, 0.2) is 24.3 Å². The van der Waals surface area contributed by atoms with E-state index in [9.17, 15) is 14.7 Å². The van der Waals surface area contributed by atoms with Gasteiger partial charge < -0.3 is 15.2 Å². The second-order valence-corrected chi connectivity index (χ2v) is 3.87. The van der Waals surface area contributed by atoms with E-state index in [0.29, 0.717) is 12.0 Å². The number of carbonyl (C=O) groups is 2. The Balaban J connectivity index is 2.91. The van der Waals surface area contributed by atoms with Gasteiger partial charge in [-0.1, -0.05) is 29.8 Å². The summed E-state index contributed by atoms with van der Waals surface area (Å²) in [5.74, 6) is -0.654. The Kier molecular flexibility index (Phi) is 5.32. The molecule has 2 N–H and O–H groups in total. The summed E-state index contributed by atoms with van der Waals surface area (Å²) in [5, 5.41) is 12.4. The lowest BCUT2D eigenvalue weighted by Gasteiger charge is -2.21. The number of rotatable bonds is 6. The van der Waals surface area contributed by atoms with Gasteiger partial charge in [0.1, 0.15) is 6.10 Å². The fourth-order valence-corrected chi connectivity index (χ4v) is 1.64. The Morgan fingerprint density at radius 3 is 2.83 bits per heavy atom. The predicted molar refractivity (Wildman–Crippen MR) is 65.8 cm³/mol. The molecule has 0 saturated carbocycles. The number of aryl methyl sites for hydroxylation is 1. The lowest BCUT2D eigenvalue weighted by atomic mass is 10.0. The minimum Gasteiger partial charge on any atom is -0.464 e. The van der Waals surface area contributed by atoms with Gasteiger partial charge in [-0.3, -0.25) is 4.79 Å². The number of carbonyl (C=O) groups excluding carboxylic acids is 2. The van der Waals surface area contributed by atoms with Crippen molar-refractivity contribution in [2.24, 2.45) is 0 Å². The number of hydrogen-bond acceptors (Lipinski definition) is 4. The first-order valence-electron chi connectivity index (χ1n) is 5.71. The number of benzene rings is 1. The molecule has 5 nitrogen and oxygen atoms in total. The van der Waals surface area contributed by atoms with Crippen LogP contribution < -0.4 is 5.32 Å². The SMILES string of the molecule is CCOC(=O)C(NC=O)C(O)c1cccc(C)c1. The van der Waals surface area contributed by atoms with E-state index < -0.39 is 18.1 Å². The minimum absolute atomic E-state index is 0.191. The second kappa shape index (κ2) is 6.76. The lowest BCUT2D eigenvalue weighted by molar-refractivity contribution is -0.149. The maximum atomic E-state index is 11.6. The van der Waals surface area contributed by atoms with E-state index in [0.717, 1.165) is 5.56 Å². The molecule has 0 aliphatic carbocycles. The standard InChI is InChI=1S/C13H17NO4/c1-3-18-13(17)11(14-8-15)12(16)10-6-4-5-9(2)7-10/h4-8,11-12,16H,3H2,1-2H3,(H,14,15). The van der Waals surface area contributed by atoms with Crippen molar-refractivity contribution in [3.8, 4) is 0 Å². The van der Waals surface area contributed by atoms with Crippen LogP contribution in [-0.2, 0) is 14.3 Å². The fraction of sp³-hybridized carbons (Fsp3) is 0.385. The maximum absolute atomic E-state index is 11.6. The minimum atomic E-state index is -1.13. The van der Waals surface area contributed by atoms with E-state index in [2.05, 4.69) is 5.32 Å². The highest BCUT2D eigenvalue weighted by Gasteiger charge is 2.28. The van der Waals surface area contributed by atoms with E-state index in [1.54, 1.807) is 25.1 Å². The zero-order chi connectivity index (χ0) is 13.5. The average Bonchev–Trinajstić information content (AvgIpc) is 2.35. The summed E-state index contributed by atoms with van der Waals surface area (Å²) in [5.41, 5.74) is 1.52. The maximum Gasteiger partial charge on any atom is 0.331 e. The molecular weight excluding hydrogens is 234 g/mol. The summed E-state index contributed by atoms with van der Waals surface area (Å²) in [6.45, 7) is 3.73. The van der Waals surface area contributed by atoms with Gasteiger partial charge >= 0.3 is 5.97 Å². The van der Waals surface area contributed by atoms with Gasteiger partial charge in [0.05, 0.1) is 6.61 Å². The highest BCUT2D eigenvalue weighted by Crippen LogP contribution is 2.18. The molecule has 0 aliphatic heterocycles. The molecule has 0 radical (unpaired) electrons.